The van der Waals surface area contributed by atoms with E-state index in [1.807, 2.05) is 23.6 Å². The van der Waals surface area contributed by atoms with Gasteiger partial charge in [0, 0.05) is 25.9 Å². The molecular weight excluding hydrogens is 430 g/mol. The Balaban J connectivity index is 1.72. The fraction of sp³-hybridized carbons (Fsp3) is 0.222. The average molecular weight is 446 g/mol. The summed E-state index contributed by atoms with van der Waals surface area (Å²) in [5, 5.41) is 3.01. The molecule has 138 valence electrons. The van der Waals surface area contributed by atoms with Crippen molar-refractivity contribution in [3.05, 3.63) is 77.5 Å². The van der Waals surface area contributed by atoms with Gasteiger partial charge in [0.25, 0.3) is 5.56 Å². The Bertz CT molecular complexity index is 1250. The highest BCUT2D eigenvalue weighted by Gasteiger charge is 2.18. The first kappa shape index (κ1) is 17.9. The molecule has 0 radical (unpaired) electrons. The van der Waals surface area contributed by atoms with E-state index in [-0.39, 0.29) is 11.2 Å². The van der Waals surface area contributed by atoms with Crippen LogP contribution < -0.4 is 11.2 Å². The van der Waals surface area contributed by atoms with Crippen LogP contribution in [-0.4, -0.2) is 23.7 Å². The van der Waals surface area contributed by atoms with Gasteiger partial charge >= 0.3 is 5.69 Å². The molecule has 0 saturated heterocycles. The minimum absolute atomic E-state index is 0.256. The summed E-state index contributed by atoms with van der Waals surface area (Å²) in [5.41, 5.74) is 2.01. The first-order valence-corrected chi connectivity index (χ1v) is 9.92. The van der Waals surface area contributed by atoms with Gasteiger partial charge in [-0.2, -0.15) is 0 Å². The van der Waals surface area contributed by atoms with E-state index in [0.717, 1.165) is 21.7 Å². The monoisotopic (exact) mass is 445 g/mol. The zero-order valence-corrected chi connectivity index (χ0v) is 17.1. The molecule has 9 heteroatoms. The summed E-state index contributed by atoms with van der Waals surface area (Å²) in [6, 6.07) is 10.2. The first-order valence-electron chi connectivity index (χ1n) is 8.24. The summed E-state index contributed by atoms with van der Waals surface area (Å²) in [7, 11) is 3.09. The Morgan fingerprint density at radius 2 is 1.81 bits per heavy atom. The van der Waals surface area contributed by atoms with Crippen LogP contribution in [0.25, 0.3) is 11.2 Å². The van der Waals surface area contributed by atoms with E-state index in [1.54, 1.807) is 23.0 Å². The molecule has 0 aliphatic carbocycles. The summed E-state index contributed by atoms with van der Waals surface area (Å²) in [6.45, 7) is 0.419. The van der Waals surface area contributed by atoms with Crippen molar-refractivity contribution in [1.82, 2.24) is 23.7 Å². The molecule has 0 fully saturated rings. The highest BCUT2D eigenvalue weighted by molar-refractivity contribution is 9.10. The standard InChI is InChI=1S/C18H16BrN5O2S/c1-22-15-14(16(25)23(2)18(22)26)21-17(19)24(15)9-12-10-27-13(20-12)8-11-6-4-3-5-7-11/h3-7,10H,8-9H2,1-2H3. The van der Waals surface area contributed by atoms with E-state index in [1.165, 1.54) is 17.2 Å². The minimum atomic E-state index is -0.407. The maximum atomic E-state index is 12.4. The average Bonchev–Trinajstić information content (AvgIpc) is 3.24. The van der Waals surface area contributed by atoms with Gasteiger partial charge in [-0.3, -0.25) is 18.5 Å². The molecule has 0 bridgehead atoms. The fourth-order valence-electron chi connectivity index (χ4n) is 3.04. The molecule has 0 amide bonds. The van der Waals surface area contributed by atoms with Crippen molar-refractivity contribution in [3.8, 4) is 0 Å². The lowest BCUT2D eigenvalue weighted by atomic mass is 10.2. The summed E-state index contributed by atoms with van der Waals surface area (Å²) in [4.78, 5) is 33.7. The zero-order valence-electron chi connectivity index (χ0n) is 14.7. The number of fused-ring (bicyclic) bond motifs is 1. The molecule has 3 aromatic heterocycles. The molecule has 0 atom stereocenters. The number of aryl methyl sites for hydroxylation is 1. The van der Waals surface area contributed by atoms with Crippen LogP contribution in [0.2, 0.25) is 0 Å². The third-order valence-electron chi connectivity index (χ3n) is 4.41. The number of nitrogens with zero attached hydrogens (tertiary/aromatic N) is 5. The van der Waals surface area contributed by atoms with Gasteiger partial charge in [0.2, 0.25) is 0 Å². The molecule has 0 aliphatic heterocycles. The molecule has 4 aromatic rings. The van der Waals surface area contributed by atoms with Crippen molar-refractivity contribution < 1.29 is 0 Å². The topological polar surface area (TPSA) is 74.7 Å². The smallest absolute Gasteiger partial charge is 0.298 e. The van der Waals surface area contributed by atoms with Gasteiger partial charge in [-0.15, -0.1) is 11.3 Å². The predicted octanol–water partition coefficient (Wildman–Crippen LogP) is 2.29. The van der Waals surface area contributed by atoms with Gasteiger partial charge in [0.05, 0.1) is 17.2 Å². The quantitative estimate of drug-likeness (QED) is 0.451. The lowest BCUT2D eigenvalue weighted by Gasteiger charge is -2.08. The first-order chi connectivity index (χ1) is 13.0. The SMILES string of the molecule is Cn1c(=O)c2nc(Br)n(Cc3csc(Cc4ccccc4)n3)c2n(C)c1=O. The van der Waals surface area contributed by atoms with Crippen molar-refractivity contribution in [2.75, 3.05) is 0 Å². The molecule has 27 heavy (non-hydrogen) atoms. The number of imidazole rings is 1. The van der Waals surface area contributed by atoms with Gasteiger partial charge in [0.1, 0.15) is 0 Å². The maximum Gasteiger partial charge on any atom is 0.332 e. The van der Waals surface area contributed by atoms with Crippen LogP contribution in [0.3, 0.4) is 0 Å². The van der Waals surface area contributed by atoms with Crippen molar-refractivity contribution in [2.45, 2.75) is 13.0 Å². The molecule has 1 aromatic carbocycles. The van der Waals surface area contributed by atoms with Crippen molar-refractivity contribution in [1.29, 1.82) is 0 Å². The summed E-state index contributed by atoms with van der Waals surface area (Å²) in [6.07, 6.45) is 0.774. The Morgan fingerprint density at radius 1 is 1.07 bits per heavy atom. The summed E-state index contributed by atoms with van der Waals surface area (Å²) >= 11 is 5.00. The van der Waals surface area contributed by atoms with Crippen LogP contribution in [0.4, 0.5) is 0 Å². The molecule has 0 spiro atoms. The zero-order chi connectivity index (χ0) is 19.1. The molecule has 0 saturated carbocycles. The van der Waals surface area contributed by atoms with Crippen molar-refractivity contribution >= 4 is 38.4 Å². The Hall–Kier alpha value is -2.52. The van der Waals surface area contributed by atoms with Gasteiger partial charge < -0.3 is 0 Å². The fourth-order valence-corrected chi connectivity index (χ4v) is 4.33. The third-order valence-corrected chi connectivity index (χ3v) is 5.91. The van der Waals surface area contributed by atoms with E-state index in [2.05, 4.69) is 33.0 Å². The molecule has 7 nitrogen and oxygen atoms in total. The van der Waals surface area contributed by atoms with Crippen molar-refractivity contribution in [2.24, 2.45) is 14.1 Å². The maximum absolute atomic E-state index is 12.4. The molecule has 4 rings (SSSR count). The van der Waals surface area contributed by atoms with E-state index in [4.69, 9.17) is 4.98 Å². The number of thiazole rings is 1. The van der Waals surface area contributed by atoms with E-state index in [9.17, 15) is 9.59 Å². The number of benzene rings is 1. The highest BCUT2D eigenvalue weighted by atomic mass is 79.9. The van der Waals surface area contributed by atoms with Crippen LogP contribution in [0.1, 0.15) is 16.3 Å². The van der Waals surface area contributed by atoms with Gasteiger partial charge in [-0.1, -0.05) is 30.3 Å². The molecular formula is C18H16BrN5O2S. The highest BCUT2D eigenvalue weighted by Crippen LogP contribution is 2.20. The lowest BCUT2D eigenvalue weighted by molar-refractivity contribution is 0.681. The van der Waals surface area contributed by atoms with Gasteiger partial charge in [-0.05, 0) is 21.5 Å². The van der Waals surface area contributed by atoms with Crippen molar-refractivity contribution in [3.63, 3.8) is 0 Å². The second-order valence-electron chi connectivity index (χ2n) is 6.24. The van der Waals surface area contributed by atoms with Crippen LogP contribution in [-0.2, 0) is 27.1 Å². The molecule has 3 heterocycles. The lowest BCUT2D eigenvalue weighted by Crippen LogP contribution is -2.37. The Labute approximate surface area is 166 Å². The number of hydrogen-bond donors (Lipinski definition) is 0. The normalized spacial score (nSPS) is 11.4. The number of rotatable bonds is 4. The summed E-state index contributed by atoms with van der Waals surface area (Å²) < 4.78 is 4.78. The van der Waals surface area contributed by atoms with Gasteiger partial charge in [0.15, 0.2) is 15.9 Å². The van der Waals surface area contributed by atoms with Crippen LogP contribution in [0.15, 0.2) is 50.0 Å². The minimum Gasteiger partial charge on any atom is -0.298 e. The Morgan fingerprint density at radius 3 is 2.56 bits per heavy atom. The molecule has 0 aliphatic rings. The van der Waals surface area contributed by atoms with Crippen LogP contribution in [0.5, 0.6) is 0 Å². The van der Waals surface area contributed by atoms with Gasteiger partial charge in [-0.25, -0.2) is 14.8 Å². The molecule has 0 unspecified atom stereocenters. The largest absolute Gasteiger partial charge is 0.332 e. The third kappa shape index (κ3) is 3.17. The van der Waals surface area contributed by atoms with Crippen LogP contribution >= 0.6 is 27.3 Å². The second-order valence-corrected chi connectivity index (χ2v) is 7.89. The molecule has 0 N–H and O–H groups in total. The van der Waals surface area contributed by atoms with Crippen LogP contribution in [0, 0.1) is 0 Å². The Kier molecular flexibility index (Phi) is 4.56. The predicted molar refractivity (Wildman–Crippen MR) is 108 cm³/mol. The summed E-state index contributed by atoms with van der Waals surface area (Å²) in [5.74, 6) is 0. The van der Waals surface area contributed by atoms with E-state index < -0.39 is 5.56 Å². The number of halogens is 1. The number of hydrogen-bond acceptors (Lipinski definition) is 5. The van der Waals surface area contributed by atoms with E-state index in [0.29, 0.717) is 16.9 Å². The number of aromatic nitrogens is 5. The van der Waals surface area contributed by atoms with E-state index >= 15 is 0 Å². The second kappa shape index (κ2) is 6.90.